The second-order valence-corrected chi connectivity index (χ2v) is 6.23. The first-order chi connectivity index (χ1) is 12.5. The number of carbonyl (C=O) groups is 2. The van der Waals surface area contributed by atoms with Crippen molar-refractivity contribution in [2.75, 3.05) is 25.7 Å². The van der Waals surface area contributed by atoms with E-state index in [9.17, 15) is 9.59 Å². The van der Waals surface area contributed by atoms with Crippen LogP contribution in [0.4, 0.5) is 5.69 Å². The third-order valence-electron chi connectivity index (χ3n) is 4.49. The van der Waals surface area contributed by atoms with Crippen LogP contribution >= 0.6 is 0 Å². The third-order valence-corrected chi connectivity index (χ3v) is 4.49. The Morgan fingerprint density at radius 1 is 1.12 bits per heavy atom. The van der Waals surface area contributed by atoms with E-state index in [2.05, 4.69) is 5.32 Å². The van der Waals surface area contributed by atoms with Crippen LogP contribution in [0.15, 0.2) is 42.5 Å². The van der Waals surface area contributed by atoms with Gasteiger partial charge in [-0.25, -0.2) is 0 Å². The Kier molecular flexibility index (Phi) is 5.11. The highest BCUT2D eigenvalue weighted by molar-refractivity contribution is 6.02. The van der Waals surface area contributed by atoms with Crippen LogP contribution in [-0.2, 0) is 11.2 Å². The Balaban J connectivity index is 1.69. The van der Waals surface area contributed by atoms with Crippen LogP contribution in [0.1, 0.15) is 22.8 Å². The average molecular weight is 354 g/mol. The van der Waals surface area contributed by atoms with Gasteiger partial charge in [0, 0.05) is 23.4 Å². The summed E-state index contributed by atoms with van der Waals surface area (Å²) in [7, 11) is 3.04. The Bertz CT molecular complexity index is 812. The predicted molar refractivity (Wildman–Crippen MR) is 99.0 cm³/mol. The summed E-state index contributed by atoms with van der Waals surface area (Å²) in [5, 5.41) is 2.69. The van der Waals surface area contributed by atoms with Crippen LogP contribution in [-0.4, -0.2) is 38.6 Å². The Morgan fingerprint density at radius 2 is 1.77 bits per heavy atom. The summed E-state index contributed by atoms with van der Waals surface area (Å²) in [6.45, 7) is 1.93. The minimum atomic E-state index is -0.351. The van der Waals surface area contributed by atoms with E-state index in [1.807, 2.05) is 31.2 Å². The van der Waals surface area contributed by atoms with Crippen molar-refractivity contribution in [3.8, 4) is 11.5 Å². The van der Waals surface area contributed by atoms with E-state index in [0.29, 0.717) is 17.1 Å². The molecule has 3 rings (SSSR count). The zero-order chi connectivity index (χ0) is 18.7. The monoisotopic (exact) mass is 354 g/mol. The van der Waals surface area contributed by atoms with E-state index in [4.69, 9.17) is 9.47 Å². The van der Waals surface area contributed by atoms with Gasteiger partial charge in [-0.3, -0.25) is 9.59 Å². The van der Waals surface area contributed by atoms with Crippen LogP contribution in [0, 0.1) is 0 Å². The molecule has 0 saturated carbocycles. The van der Waals surface area contributed by atoms with Gasteiger partial charge in [0.05, 0.1) is 20.8 Å². The number of para-hydroxylation sites is 1. The zero-order valence-corrected chi connectivity index (χ0v) is 15.1. The van der Waals surface area contributed by atoms with Crippen LogP contribution in [0.5, 0.6) is 11.5 Å². The number of methoxy groups -OCH3 is 2. The zero-order valence-electron chi connectivity index (χ0n) is 15.1. The number of nitrogens with zero attached hydrogens (tertiary/aromatic N) is 1. The molecule has 1 heterocycles. The van der Waals surface area contributed by atoms with Gasteiger partial charge in [-0.15, -0.1) is 0 Å². The molecule has 1 aliphatic heterocycles. The maximum atomic E-state index is 12.7. The lowest BCUT2D eigenvalue weighted by Gasteiger charge is -2.23. The van der Waals surface area contributed by atoms with Gasteiger partial charge in [0.25, 0.3) is 5.91 Å². The molecule has 136 valence electrons. The van der Waals surface area contributed by atoms with Crippen molar-refractivity contribution in [2.24, 2.45) is 0 Å². The topological polar surface area (TPSA) is 67.9 Å². The second kappa shape index (κ2) is 7.47. The fourth-order valence-corrected chi connectivity index (χ4v) is 3.23. The maximum Gasteiger partial charge on any atom is 0.251 e. The van der Waals surface area contributed by atoms with Crippen molar-refractivity contribution >= 4 is 17.5 Å². The summed E-state index contributed by atoms with van der Waals surface area (Å²) in [5.41, 5.74) is 2.45. The number of amides is 2. The fraction of sp³-hybridized carbons (Fsp3) is 0.300. The number of ether oxygens (including phenoxy) is 2. The van der Waals surface area contributed by atoms with Gasteiger partial charge in [0.15, 0.2) is 0 Å². The average Bonchev–Trinajstić information content (AvgIpc) is 3.01. The molecule has 0 aliphatic carbocycles. The summed E-state index contributed by atoms with van der Waals surface area (Å²) in [4.78, 5) is 26.8. The summed E-state index contributed by atoms with van der Waals surface area (Å²) in [6.07, 6.45) is 0.822. The number of nitrogens with one attached hydrogen (secondary N) is 1. The fourth-order valence-electron chi connectivity index (χ4n) is 3.23. The number of carbonyl (C=O) groups excluding carboxylic acids is 2. The molecule has 1 unspecified atom stereocenters. The number of benzene rings is 2. The Labute approximate surface area is 152 Å². The summed E-state index contributed by atoms with van der Waals surface area (Å²) >= 11 is 0. The normalized spacial score (nSPS) is 15.3. The molecule has 1 aliphatic rings. The van der Waals surface area contributed by atoms with E-state index in [1.165, 1.54) is 14.2 Å². The van der Waals surface area contributed by atoms with Crippen molar-refractivity contribution in [2.45, 2.75) is 19.4 Å². The number of hydrogen-bond donors (Lipinski definition) is 1. The molecule has 6 nitrogen and oxygen atoms in total. The molecule has 6 heteroatoms. The van der Waals surface area contributed by atoms with E-state index < -0.39 is 0 Å². The Morgan fingerprint density at radius 3 is 2.42 bits per heavy atom. The van der Waals surface area contributed by atoms with Crippen LogP contribution in [0.25, 0.3) is 0 Å². The Hall–Kier alpha value is -3.02. The van der Waals surface area contributed by atoms with Gasteiger partial charge >= 0.3 is 0 Å². The lowest BCUT2D eigenvalue weighted by molar-refractivity contribution is -0.118. The van der Waals surface area contributed by atoms with Crippen LogP contribution in [0.3, 0.4) is 0 Å². The molecule has 0 saturated heterocycles. The van der Waals surface area contributed by atoms with Crippen molar-refractivity contribution < 1.29 is 19.1 Å². The van der Waals surface area contributed by atoms with E-state index in [-0.39, 0.29) is 24.4 Å². The van der Waals surface area contributed by atoms with Crippen molar-refractivity contribution in [3.63, 3.8) is 0 Å². The summed E-state index contributed by atoms with van der Waals surface area (Å²) in [5.74, 6) is 0.548. The SMILES string of the molecule is COc1cc(OC)cc(C(=O)NCC(=O)N2c3ccccc3CC2C)c1. The molecule has 0 fully saturated rings. The van der Waals surface area contributed by atoms with Crippen molar-refractivity contribution in [3.05, 3.63) is 53.6 Å². The molecule has 1 atom stereocenters. The molecule has 2 amide bonds. The number of rotatable bonds is 5. The first kappa shape index (κ1) is 17.8. The van der Waals surface area contributed by atoms with Crippen molar-refractivity contribution in [1.82, 2.24) is 5.32 Å². The summed E-state index contributed by atoms with van der Waals surface area (Å²) in [6, 6.07) is 12.8. The maximum absolute atomic E-state index is 12.7. The van der Waals surface area contributed by atoms with Gasteiger partial charge in [0.2, 0.25) is 5.91 Å². The van der Waals surface area contributed by atoms with Crippen LogP contribution < -0.4 is 19.7 Å². The molecule has 2 aromatic rings. The van der Waals surface area contributed by atoms with E-state index in [1.54, 1.807) is 23.1 Å². The lowest BCUT2D eigenvalue weighted by atomic mass is 10.1. The molecule has 26 heavy (non-hydrogen) atoms. The minimum Gasteiger partial charge on any atom is -0.497 e. The number of anilines is 1. The first-order valence-corrected chi connectivity index (χ1v) is 8.44. The van der Waals surface area contributed by atoms with E-state index in [0.717, 1.165) is 17.7 Å². The quantitative estimate of drug-likeness (QED) is 0.895. The molecule has 2 aromatic carbocycles. The van der Waals surface area contributed by atoms with Crippen LogP contribution in [0.2, 0.25) is 0 Å². The predicted octanol–water partition coefficient (Wildman–Crippen LogP) is 2.41. The molecule has 0 bridgehead atoms. The van der Waals surface area contributed by atoms with Gasteiger partial charge < -0.3 is 19.7 Å². The highest BCUT2D eigenvalue weighted by Gasteiger charge is 2.30. The molecule has 0 radical (unpaired) electrons. The van der Waals surface area contributed by atoms with E-state index >= 15 is 0 Å². The molecular weight excluding hydrogens is 332 g/mol. The highest BCUT2D eigenvalue weighted by Crippen LogP contribution is 2.31. The number of fused-ring (bicyclic) bond motifs is 1. The largest absolute Gasteiger partial charge is 0.497 e. The smallest absolute Gasteiger partial charge is 0.251 e. The minimum absolute atomic E-state index is 0.0724. The summed E-state index contributed by atoms with van der Waals surface area (Å²) < 4.78 is 10.3. The third kappa shape index (κ3) is 3.49. The molecule has 0 aromatic heterocycles. The molecule has 1 N–H and O–H groups in total. The van der Waals surface area contributed by atoms with Crippen molar-refractivity contribution in [1.29, 1.82) is 0 Å². The standard InChI is InChI=1S/C20H22N2O4/c1-13-8-14-6-4-5-7-18(14)22(13)19(23)12-21-20(24)15-9-16(25-2)11-17(10-15)26-3/h4-7,9-11,13H,8,12H2,1-3H3,(H,21,24). The second-order valence-electron chi connectivity index (χ2n) is 6.23. The molecular formula is C20H22N2O4. The lowest BCUT2D eigenvalue weighted by Crippen LogP contribution is -2.43. The van der Waals surface area contributed by atoms with Gasteiger partial charge in [-0.1, -0.05) is 18.2 Å². The number of hydrogen-bond acceptors (Lipinski definition) is 4. The van der Waals surface area contributed by atoms with Gasteiger partial charge in [0.1, 0.15) is 11.5 Å². The first-order valence-electron chi connectivity index (χ1n) is 8.44. The van der Waals surface area contributed by atoms with Gasteiger partial charge in [-0.05, 0) is 37.1 Å². The highest BCUT2D eigenvalue weighted by atomic mass is 16.5. The molecule has 0 spiro atoms. The van der Waals surface area contributed by atoms with Gasteiger partial charge in [-0.2, -0.15) is 0 Å².